The lowest BCUT2D eigenvalue weighted by Crippen LogP contribution is -2.36. The number of rotatable bonds is 4. The summed E-state index contributed by atoms with van der Waals surface area (Å²) in [6.07, 6.45) is 2.37. The van der Waals surface area contributed by atoms with Gasteiger partial charge < -0.3 is 15.5 Å². The van der Waals surface area contributed by atoms with Crippen LogP contribution >= 0.6 is 0 Å². The number of hydrogen-bond donors (Lipinski definition) is 3. The number of amides is 1. The van der Waals surface area contributed by atoms with Crippen molar-refractivity contribution in [2.75, 3.05) is 5.32 Å². The van der Waals surface area contributed by atoms with Crippen LogP contribution in [0.2, 0.25) is 0 Å². The van der Waals surface area contributed by atoms with E-state index >= 15 is 0 Å². The Labute approximate surface area is 125 Å². The molecule has 1 amide bonds. The summed E-state index contributed by atoms with van der Waals surface area (Å²) < 4.78 is 0. The number of nitro benzene ring substituents is 1. The third-order valence-corrected chi connectivity index (χ3v) is 3.87. The number of carbonyl (C=O) groups is 2. The molecule has 1 aliphatic carbocycles. The lowest BCUT2D eigenvalue weighted by atomic mass is 9.78. The molecule has 8 nitrogen and oxygen atoms in total. The highest BCUT2D eigenvalue weighted by molar-refractivity contribution is 5.96. The van der Waals surface area contributed by atoms with Crippen LogP contribution in [0, 0.1) is 22.0 Å². The van der Waals surface area contributed by atoms with Crippen LogP contribution in [0.1, 0.15) is 25.7 Å². The Bertz CT molecular complexity index is 615. The summed E-state index contributed by atoms with van der Waals surface area (Å²) in [6, 6.07) is 3.28. The maximum Gasteiger partial charge on any atom is 0.307 e. The van der Waals surface area contributed by atoms with Gasteiger partial charge in [-0.25, -0.2) is 0 Å². The van der Waals surface area contributed by atoms with Gasteiger partial charge in [-0.05, 0) is 18.9 Å². The van der Waals surface area contributed by atoms with Crippen molar-refractivity contribution in [3.8, 4) is 5.75 Å². The smallest absolute Gasteiger partial charge is 0.307 e. The van der Waals surface area contributed by atoms with Crippen LogP contribution < -0.4 is 5.32 Å². The third kappa shape index (κ3) is 3.33. The molecule has 0 heterocycles. The van der Waals surface area contributed by atoms with E-state index in [2.05, 4.69) is 5.32 Å². The number of aromatic hydroxyl groups is 1. The molecule has 1 aromatic rings. The van der Waals surface area contributed by atoms with E-state index in [4.69, 9.17) is 0 Å². The molecule has 0 spiro atoms. The first-order chi connectivity index (χ1) is 10.4. The minimum atomic E-state index is -1.02. The third-order valence-electron chi connectivity index (χ3n) is 3.87. The quantitative estimate of drug-likeness (QED) is 0.444. The van der Waals surface area contributed by atoms with Crippen LogP contribution in [0.5, 0.6) is 5.75 Å². The van der Waals surface area contributed by atoms with Crippen molar-refractivity contribution < 1.29 is 24.7 Å². The molecule has 2 atom stereocenters. The number of nitro groups is 1. The van der Waals surface area contributed by atoms with Gasteiger partial charge >= 0.3 is 5.97 Å². The average Bonchev–Trinajstić information content (AvgIpc) is 2.49. The predicted molar refractivity (Wildman–Crippen MR) is 76.5 cm³/mol. The van der Waals surface area contributed by atoms with Crippen molar-refractivity contribution in [3.05, 3.63) is 28.3 Å². The van der Waals surface area contributed by atoms with E-state index in [0.29, 0.717) is 12.8 Å². The van der Waals surface area contributed by atoms with Gasteiger partial charge in [-0.2, -0.15) is 0 Å². The van der Waals surface area contributed by atoms with Gasteiger partial charge in [0.15, 0.2) is 0 Å². The largest absolute Gasteiger partial charge is 0.506 e. The Morgan fingerprint density at radius 1 is 1.23 bits per heavy atom. The van der Waals surface area contributed by atoms with Crippen LogP contribution in [-0.2, 0) is 9.59 Å². The summed E-state index contributed by atoms with van der Waals surface area (Å²) in [5.74, 6) is -3.34. The normalized spacial score (nSPS) is 21.1. The molecule has 118 valence electrons. The summed E-state index contributed by atoms with van der Waals surface area (Å²) in [5.41, 5.74) is -0.361. The molecule has 3 N–H and O–H groups in total. The van der Waals surface area contributed by atoms with Gasteiger partial charge in [0.05, 0.1) is 22.4 Å². The molecule has 22 heavy (non-hydrogen) atoms. The van der Waals surface area contributed by atoms with Gasteiger partial charge in [-0.3, -0.25) is 19.7 Å². The topological polar surface area (TPSA) is 130 Å². The van der Waals surface area contributed by atoms with Crippen molar-refractivity contribution >= 4 is 23.3 Å². The molecule has 8 heteroatoms. The Kier molecular flexibility index (Phi) is 4.59. The number of non-ortho nitro benzene ring substituents is 1. The standard InChI is InChI=1S/C14H16N2O6/c17-12-6-5-8(16(21)22)7-11(12)15-13(18)9-3-1-2-4-10(9)14(19)20/h5-7,9-10,17H,1-4H2,(H,15,18)(H,19,20). The lowest BCUT2D eigenvalue weighted by Gasteiger charge is -2.27. The fourth-order valence-electron chi connectivity index (χ4n) is 2.70. The first-order valence-corrected chi connectivity index (χ1v) is 6.91. The molecule has 0 aromatic heterocycles. The maximum absolute atomic E-state index is 12.3. The van der Waals surface area contributed by atoms with E-state index in [1.807, 2.05) is 0 Å². The van der Waals surface area contributed by atoms with E-state index in [1.165, 1.54) is 0 Å². The van der Waals surface area contributed by atoms with Gasteiger partial charge in [0.1, 0.15) is 5.75 Å². The lowest BCUT2D eigenvalue weighted by molar-refractivity contribution is -0.384. The molecule has 0 bridgehead atoms. The summed E-state index contributed by atoms with van der Waals surface area (Å²) in [7, 11) is 0. The number of carbonyl (C=O) groups excluding carboxylic acids is 1. The molecular formula is C14H16N2O6. The fourth-order valence-corrected chi connectivity index (χ4v) is 2.70. The molecule has 0 saturated heterocycles. The second-order valence-corrected chi connectivity index (χ2v) is 5.28. The molecule has 1 aromatic carbocycles. The summed E-state index contributed by atoms with van der Waals surface area (Å²) >= 11 is 0. The first kappa shape index (κ1) is 15.7. The molecule has 1 saturated carbocycles. The minimum Gasteiger partial charge on any atom is -0.506 e. The van der Waals surface area contributed by atoms with Gasteiger partial charge in [0, 0.05) is 12.1 Å². The predicted octanol–water partition coefficient (Wildman–Crippen LogP) is 2.13. The van der Waals surface area contributed by atoms with Crippen LogP contribution in [0.3, 0.4) is 0 Å². The highest BCUT2D eigenvalue weighted by Gasteiger charge is 2.36. The fraction of sp³-hybridized carbons (Fsp3) is 0.429. The number of anilines is 1. The SMILES string of the molecule is O=C(O)C1CCCCC1C(=O)Nc1cc([N+](=O)[O-])ccc1O. The number of carboxylic acid groups (broad SMARTS) is 1. The summed E-state index contributed by atoms with van der Waals surface area (Å²) in [5, 5.41) is 32.0. The molecule has 0 radical (unpaired) electrons. The van der Waals surface area contributed by atoms with Gasteiger partial charge in [-0.15, -0.1) is 0 Å². The number of hydrogen-bond acceptors (Lipinski definition) is 5. The Balaban J connectivity index is 2.19. The Hall–Kier alpha value is -2.64. The zero-order chi connectivity index (χ0) is 16.3. The van der Waals surface area contributed by atoms with E-state index in [9.17, 15) is 29.9 Å². The van der Waals surface area contributed by atoms with E-state index in [1.54, 1.807) is 0 Å². The number of phenolic OH excluding ortho intramolecular Hbond substituents is 1. The number of nitrogens with one attached hydrogen (secondary N) is 1. The van der Waals surface area contributed by atoms with Crippen molar-refractivity contribution in [1.82, 2.24) is 0 Å². The van der Waals surface area contributed by atoms with Gasteiger partial charge in [-0.1, -0.05) is 12.8 Å². The number of nitrogens with zero attached hydrogens (tertiary/aromatic N) is 1. The zero-order valence-corrected chi connectivity index (χ0v) is 11.7. The van der Waals surface area contributed by atoms with Crippen LogP contribution in [0.4, 0.5) is 11.4 Å². The number of aliphatic carboxylic acids is 1. The maximum atomic E-state index is 12.3. The van der Waals surface area contributed by atoms with Crippen LogP contribution in [0.25, 0.3) is 0 Å². The van der Waals surface area contributed by atoms with Crippen molar-refractivity contribution in [3.63, 3.8) is 0 Å². The van der Waals surface area contributed by atoms with Crippen molar-refractivity contribution in [2.45, 2.75) is 25.7 Å². The second kappa shape index (κ2) is 6.42. The first-order valence-electron chi connectivity index (χ1n) is 6.91. The molecule has 2 rings (SSSR count). The second-order valence-electron chi connectivity index (χ2n) is 5.28. The molecule has 2 unspecified atom stereocenters. The number of benzene rings is 1. The van der Waals surface area contributed by atoms with Crippen molar-refractivity contribution in [2.24, 2.45) is 11.8 Å². The molecule has 1 aliphatic rings. The zero-order valence-electron chi connectivity index (χ0n) is 11.7. The highest BCUT2D eigenvalue weighted by atomic mass is 16.6. The monoisotopic (exact) mass is 308 g/mol. The Morgan fingerprint density at radius 2 is 1.86 bits per heavy atom. The van der Waals surface area contributed by atoms with E-state index in [0.717, 1.165) is 31.0 Å². The minimum absolute atomic E-state index is 0.0890. The van der Waals surface area contributed by atoms with E-state index in [-0.39, 0.29) is 17.1 Å². The average molecular weight is 308 g/mol. The summed E-state index contributed by atoms with van der Waals surface area (Å²) in [6.45, 7) is 0. The molecule has 0 aliphatic heterocycles. The number of carboxylic acids is 1. The van der Waals surface area contributed by atoms with Gasteiger partial charge in [0.25, 0.3) is 5.69 Å². The summed E-state index contributed by atoms with van der Waals surface area (Å²) in [4.78, 5) is 33.6. The van der Waals surface area contributed by atoms with Crippen LogP contribution in [-0.4, -0.2) is 27.0 Å². The molecule has 1 fully saturated rings. The van der Waals surface area contributed by atoms with Crippen LogP contribution in [0.15, 0.2) is 18.2 Å². The number of phenols is 1. The van der Waals surface area contributed by atoms with Crippen molar-refractivity contribution in [1.29, 1.82) is 0 Å². The highest BCUT2D eigenvalue weighted by Crippen LogP contribution is 2.33. The molecular weight excluding hydrogens is 292 g/mol. The van der Waals surface area contributed by atoms with E-state index < -0.39 is 28.6 Å². The Morgan fingerprint density at radius 3 is 2.45 bits per heavy atom. The van der Waals surface area contributed by atoms with Gasteiger partial charge in [0.2, 0.25) is 5.91 Å².